The summed E-state index contributed by atoms with van der Waals surface area (Å²) in [6, 6.07) is -0.539. The molecule has 1 saturated carbocycles. The lowest BCUT2D eigenvalue weighted by molar-refractivity contribution is 0.0906. The van der Waals surface area contributed by atoms with Crippen molar-refractivity contribution >= 4 is 11.9 Å². The van der Waals surface area contributed by atoms with Crippen LogP contribution in [0.25, 0.3) is 0 Å². The number of carbonyl (C=O) groups excluding carboxylic acids is 1. The highest BCUT2D eigenvalue weighted by atomic mass is 16.2. The molecule has 2 N–H and O–H groups in total. The fourth-order valence-electron chi connectivity index (χ4n) is 3.22. The maximum Gasteiger partial charge on any atom is 0.347 e. The highest BCUT2D eigenvalue weighted by Crippen LogP contribution is 2.43. The van der Waals surface area contributed by atoms with Crippen molar-refractivity contribution in [3.8, 4) is 12.3 Å². The lowest BCUT2D eigenvalue weighted by Gasteiger charge is -2.46. The molecule has 4 unspecified atom stereocenters. The predicted octanol–water partition coefficient (Wildman–Crippen LogP) is 2.00. The number of urea groups is 1. The first-order chi connectivity index (χ1) is 8.42. The zero-order valence-electron chi connectivity index (χ0n) is 11.3. The van der Waals surface area contributed by atoms with Crippen LogP contribution in [-0.4, -0.2) is 28.3 Å². The largest absolute Gasteiger partial charge is 0.385 e. The average Bonchev–Trinajstić information content (AvgIpc) is 2.55. The van der Waals surface area contributed by atoms with Gasteiger partial charge >= 0.3 is 6.03 Å². The Hall–Kier alpha value is -1.50. The van der Waals surface area contributed by atoms with Crippen molar-refractivity contribution in [3.63, 3.8) is 0 Å². The van der Waals surface area contributed by atoms with E-state index in [9.17, 15) is 4.79 Å². The van der Waals surface area contributed by atoms with E-state index in [1.54, 1.807) is 4.90 Å². The topological polar surface area (TPSA) is 58.7 Å². The van der Waals surface area contributed by atoms with E-state index in [0.717, 1.165) is 19.3 Å². The van der Waals surface area contributed by atoms with E-state index < -0.39 is 5.54 Å². The van der Waals surface area contributed by atoms with E-state index in [0.29, 0.717) is 17.7 Å². The number of amidine groups is 1. The minimum Gasteiger partial charge on any atom is -0.385 e. The number of nitrogens with zero attached hydrogens (tertiary/aromatic N) is 2. The Morgan fingerprint density at radius 1 is 1.56 bits per heavy atom. The Balaban J connectivity index is 2.37. The monoisotopic (exact) mass is 247 g/mol. The standard InChI is InChI=1S/C14H21N3O/c1-5-11(4)17-13(18)16-12(15)14(17)7-6-9(2)10(3)8-14/h1,9-11H,6-8H2,2-4H3,(H2,15,16,18). The lowest BCUT2D eigenvalue weighted by atomic mass is 9.70. The molecule has 98 valence electrons. The second kappa shape index (κ2) is 4.31. The number of carbonyl (C=O) groups is 1. The smallest absolute Gasteiger partial charge is 0.347 e. The summed E-state index contributed by atoms with van der Waals surface area (Å²) in [5.74, 6) is 4.26. The Morgan fingerprint density at radius 3 is 2.78 bits per heavy atom. The first-order valence-corrected chi connectivity index (χ1v) is 6.56. The van der Waals surface area contributed by atoms with Gasteiger partial charge in [0.05, 0.1) is 6.04 Å². The Kier molecular flexibility index (Phi) is 3.10. The maximum absolute atomic E-state index is 12.0. The van der Waals surface area contributed by atoms with Gasteiger partial charge in [-0.3, -0.25) is 4.90 Å². The number of hydrogen-bond donors (Lipinski definition) is 1. The Morgan fingerprint density at radius 2 is 2.22 bits per heavy atom. The third-order valence-corrected chi connectivity index (χ3v) is 4.63. The molecular weight excluding hydrogens is 226 g/mol. The first kappa shape index (κ1) is 12.9. The van der Waals surface area contributed by atoms with Crippen LogP contribution in [0.15, 0.2) is 4.99 Å². The molecule has 0 aromatic rings. The molecule has 0 aromatic heterocycles. The molecule has 0 aromatic carbocycles. The molecule has 18 heavy (non-hydrogen) atoms. The molecule has 4 atom stereocenters. The predicted molar refractivity (Wildman–Crippen MR) is 72.1 cm³/mol. The third-order valence-electron chi connectivity index (χ3n) is 4.63. The van der Waals surface area contributed by atoms with Gasteiger partial charge < -0.3 is 5.73 Å². The van der Waals surface area contributed by atoms with Crippen molar-refractivity contribution in [2.75, 3.05) is 0 Å². The van der Waals surface area contributed by atoms with Crippen LogP contribution in [-0.2, 0) is 0 Å². The molecular formula is C14H21N3O. The van der Waals surface area contributed by atoms with Gasteiger partial charge in [0.2, 0.25) is 0 Å². The van der Waals surface area contributed by atoms with Crippen molar-refractivity contribution < 1.29 is 4.79 Å². The molecule has 1 spiro atoms. The summed E-state index contributed by atoms with van der Waals surface area (Å²) in [6.07, 6.45) is 8.26. The van der Waals surface area contributed by atoms with Crippen LogP contribution in [0.1, 0.15) is 40.0 Å². The van der Waals surface area contributed by atoms with E-state index >= 15 is 0 Å². The highest BCUT2D eigenvalue weighted by Gasteiger charge is 2.52. The van der Waals surface area contributed by atoms with Crippen LogP contribution < -0.4 is 5.73 Å². The molecule has 1 aliphatic carbocycles. The molecule has 0 saturated heterocycles. The summed E-state index contributed by atoms with van der Waals surface area (Å²) < 4.78 is 0. The Labute approximate surface area is 109 Å². The van der Waals surface area contributed by atoms with Gasteiger partial charge in [-0.25, -0.2) is 4.79 Å². The SMILES string of the molecule is C#CC(C)N1C(=O)N=C(N)C12CCC(C)C(C)C2. The van der Waals surface area contributed by atoms with Gasteiger partial charge in [-0.2, -0.15) is 4.99 Å². The molecule has 2 aliphatic rings. The van der Waals surface area contributed by atoms with Gasteiger partial charge in [0.1, 0.15) is 11.4 Å². The third kappa shape index (κ3) is 1.69. The van der Waals surface area contributed by atoms with Gasteiger partial charge in [-0.1, -0.05) is 19.8 Å². The minimum absolute atomic E-state index is 0.261. The fourth-order valence-corrected chi connectivity index (χ4v) is 3.22. The van der Waals surface area contributed by atoms with E-state index in [2.05, 4.69) is 24.8 Å². The minimum atomic E-state index is -0.436. The van der Waals surface area contributed by atoms with Crippen LogP contribution in [0, 0.1) is 24.2 Å². The summed E-state index contributed by atoms with van der Waals surface area (Å²) in [5, 5.41) is 0. The zero-order chi connectivity index (χ0) is 13.5. The number of hydrogen-bond acceptors (Lipinski definition) is 2. The quantitative estimate of drug-likeness (QED) is 0.720. The van der Waals surface area contributed by atoms with Crippen molar-refractivity contribution in [2.24, 2.45) is 22.6 Å². The number of nitrogens with two attached hydrogens (primary N) is 1. The van der Waals surface area contributed by atoms with Crippen molar-refractivity contribution in [3.05, 3.63) is 0 Å². The summed E-state index contributed by atoms with van der Waals surface area (Å²) in [7, 11) is 0. The molecule has 4 heteroatoms. The highest BCUT2D eigenvalue weighted by molar-refractivity contribution is 6.06. The van der Waals surface area contributed by atoms with Crippen molar-refractivity contribution in [1.29, 1.82) is 0 Å². The van der Waals surface area contributed by atoms with Crippen molar-refractivity contribution in [1.82, 2.24) is 4.90 Å². The molecule has 0 bridgehead atoms. The maximum atomic E-state index is 12.0. The van der Waals surface area contributed by atoms with E-state index in [4.69, 9.17) is 12.2 Å². The van der Waals surface area contributed by atoms with Crippen LogP contribution in [0.4, 0.5) is 4.79 Å². The van der Waals surface area contributed by atoms with Gasteiger partial charge in [0.25, 0.3) is 0 Å². The molecule has 0 radical (unpaired) electrons. The van der Waals surface area contributed by atoms with E-state index in [1.807, 2.05) is 6.92 Å². The van der Waals surface area contributed by atoms with Crippen LogP contribution in [0.5, 0.6) is 0 Å². The van der Waals surface area contributed by atoms with Crippen LogP contribution in [0.3, 0.4) is 0 Å². The second-order valence-electron chi connectivity index (χ2n) is 5.72. The fraction of sp³-hybridized carbons (Fsp3) is 0.714. The molecule has 2 amide bonds. The van der Waals surface area contributed by atoms with Crippen LogP contribution >= 0.6 is 0 Å². The summed E-state index contributed by atoms with van der Waals surface area (Å²) in [4.78, 5) is 17.7. The van der Waals surface area contributed by atoms with Gasteiger partial charge in [-0.15, -0.1) is 6.42 Å². The molecule has 1 fully saturated rings. The number of amides is 2. The van der Waals surface area contributed by atoms with Crippen LogP contribution in [0.2, 0.25) is 0 Å². The number of rotatable bonds is 1. The number of terminal acetylenes is 1. The number of aliphatic imine (C=N–C) groups is 1. The molecule has 2 rings (SSSR count). The van der Waals surface area contributed by atoms with E-state index in [-0.39, 0.29) is 12.1 Å². The summed E-state index contributed by atoms with van der Waals surface area (Å²) in [6.45, 7) is 6.31. The van der Waals surface area contributed by atoms with Crippen molar-refractivity contribution in [2.45, 2.75) is 51.6 Å². The summed E-state index contributed by atoms with van der Waals surface area (Å²) >= 11 is 0. The lowest BCUT2D eigenvalue weighted by Crippen LogP contribution is -2.59. The summed E-state index contributed by atoms with van der Waals surface area (Å²) in [5.41, 5.74) is 5.61. The molecule has 1 heterocycles. The molecule has 1 aliphatic heterocycles. The first-order valence-electron chi connectivity index (χ1n) is 6.56. The van der Waals surface area contributed by atoms with Gasteiger partial charge in [0, 0.05) is 0 Å². The zero-order valence-corrected chi connectivity index (χ0v) is 11.3. The Bertz CT molecular complexity index is 437. The second-order valence-corrected chi connectivity index (χ2v) is 5.72. The van der Waals surface area contributed by atoms with Gasteiger partial charge in [0.15, 0.2) is 0 Å². The van der Waals surface area contributed by atoms with E-state index in [1.165, 1.54) is 0 Å². The molecule has 4 nitrogen and oxygen atoms in total. The average molecular weight is 247 g/mol. The normalized spacial score (nSPS) is 37.6. The van der Waals surface area contributed by atoms with Gasteiger partial charge in [-0.05, 0) is 38.0 Å².